The van der Waals surface area contributed by atoms with Gasteiger partial charge in [-0.25, -0.2) is 0 Å². The van der Waals surface area contributed by atoms with Crippen LogP contribution in [-0.4, -0.2) is 50.4 Å². The average Bonchev–Trinajstić information content (AvgIpc) is 3.16. The Bertz CT molecular complexity index is 1560. The molecule has 0 aliphatic heterocycles. The third kappa shape index (κ3) is 14.8. The fourth-order valence-corrected chi connectivity index (χ4v) is 5.86. The van der Waals surface area contributed by atoms with E-state index in [2.05, 4.69) is 87.2 Å². The first-order valence-electron chi connectivity index (χ1n) is 18.3. The monoisotopic (exact) mass is 690 g/mol. The van der Waals surface area contributed by atoms with Gasteiger partial charge in [-0.15, -0.1) is 0 Å². The highest BCUT2D eigenvalue weighted by atomic mass is 16.2. The van der Waals surface area contributed by atoms with E-state index >= 15 is 0 Å². The maximum atomic E-state index is 12.5. The number of nitrogens with one attached hydrogen (secondary N) is 5. The Labute approximate surface area is 303 Å². The summed E-state index contributed by atoms with van der Waals surface area (Å²) in [6, 6.07) is 35.7. The molecule has 4 aromatic carbocycles. The van der Waals surface area contributed by atoms with Crippen molar-refractivity contribution in [2.24, 2.45) is 0 Å². The Morgan fingerprint density at radius 2 is 1.10 bits per heavy atom. The largest absolute Gasteiger partial charge is 0.397 e. The van der Waals surface area contributed by atoms with E-state index in [-0.39, 0.29) is 17.7 Å². The third-order valence-electron chi connectivity index (χ3n) is 8.80. The van der Waals surface area contributed by atoms with Crippen molar-refractivity contribution in [3.63, 3.8) is 0 Å². The van der Waals surface area contributed by atoms with Crippen LogP contribution in [0.5, 0.6) is 0 Å². The lowest BCUT2D eigenvalue weighted by molar-refractivity contribution is -0.123. The number of unbranched alkanes of at least 4 members (excludes halogenated alkanes) is 2. The number of hydrogen-bond donors (Lipinski definition) is 6. The molecule has 9 nitrogen and oxygen atoms in total. The van der Waals surface area contributed by atoms with Gasteiger partial charge < -0.3 is 32.3 Å². The Balaban J connectivity index is 0.940. The van der Waals surface area contributed by atoms with Crippen molar-refractivity contribution >= 4 is 29.1 Å². The van der Waals surface area contributed by atoms with E-state index in [4.69, 9.17) is 5.73 Å². The van der Waals surface area contributed by atoms with Gasteiger partial charge in [0.25, 0.3) is 5.91 Å². The van der Waals surface area contributed by atoms with Crippen LogP contribution in [0.4, 0.5) is 11.4 Å². The molecule has 0 fully saturated rings. The summed E-state index contributed by atoms with van der Waals surface area (Å²) in [7, 11) is 0. The minimum absolute atomic E-state index is 0.0299. The first kappa shape index (κ1) is 38.8. The number of nitrogen functional groups attached to an aromatic ring is 1. The van der Waals surface area contributed by atoms with Crippen LogP contribution in [0.2, 0.25) is 0 Å². The van der Waals surface area contributed by atoms with E-state index in [9.17, 15) is 14.4 Å². The molecule has 0 spiro atoms. The molecular formula is C42H54N6O3. The molecule has 0 saturated heterocycles. The minimum Gasteiger partial charge on any atom is -0.397 e. The van der Waals surface area contributed by atoms with Crippen LogP contribution in [0.3, 0.4) is 0 Å². The molecular weight excluding hydrogens is 637 g/mol. The molecule has 9 heteroatoms. The van der Waals surface area contributed by atoms with Crippen LogP contribution in [0.25, 0.3) is 0 Å². The number of rotatable bonds is 23. The SMILES string of the molecule is Nc1ccccc1NC(=O)c1ccc(CNC(=O)CCCCC(=O)NCCCNCCCCNCCC(c2ccccc2)c2ccccc2)cc1. The zero-order valence-corrected chi connectivity index (χ0v) is 29.7. The zero-order chi connectivity index (χ0) is 35.9. The highest BCUT2D eigenvalue weighted by Crippen LogP contribution is 2.27. The molecule has 0 aromatic heterocycles. The molecule has 4 aromatic rings. The summed E-state index contributed by atoms with van der Waals surface area (Å²) in [5.41, 5.74) is 11.1. The molecule has 51 heavy (non-hydrogen) atoms. The van der Waals surface area contributed by atoms with Gasteiger partial charge in [0.15, 0.2) is 0 Å². The van der Waals surface area contributed by atoms with Gasteiger partial charge in [-0.05, 0) is 106 Å². The maximum Gasteiger partial charge on any atom is 0.255 e. The number of para-hydroxylation sites is 2. The minimum atomic E-state index is -0.248. The summed E-state index contributed by atoms with van der Waals surface area (Å²) < 4.78 is 0. The standard InChI is InChI=1S/C42H54N6O3/c43-38-18-7-8-19-39(38)48-42(51)36-24-22-33(23-25-36)32-47-41(50)21-10-9-20-40(49)46-30-13-29-44-27-11-12-28-45-31-26-37(34-14-3-1-4-15-34)35-16-5-2-6-17-35/h1-8,14-19,22-25,37,44-45H,9-13,20-21,26-32,43H2,(H,46,49)(H,47,50)(H,48,51). The summed E-state index contributed by atoms with van der Waals surface area (Å²) >= 11 is 0. The first-order chi connectivity index (χ1) is 25.0. The summed E-state index contributed by atoms with van der Waals surface area (Å²) in [4.78, 5) is 37.0. The lowest BCUT2D eigenvalue weighted by atomic mass is 9.88. The second-order valence-corrected chi connectivity index (χ2v) is 12.8. The van der Waals surface area contributed by atoms with Crippen LogP contribution in [0.1, 0.15) is 84.3 Å². The number of amides is 3. The topological polar surface area (TPSA) is 137 Å². The molecule has 0 aliphatic carbocycles. The van der Waals surface area contributed by atoms with E-state index in [0.29, 0.717) is 61.6 Å². The van der Waals surface area contributed by atoms with Gasteiger partial charge in [-0.2, -0.15) is 0 Å². The third-order valence-corrected chi connectivity index (χ3v) is 8.80. The van der Waals surface area contributed by atoms with E-state index < -0.39 is 0 Å². The quantitative estimate of drug-likeness (QED) is 0.0395. The molecule has 0 radical (unpaired) electrons. The fraction of sp³-hybridized carbons (Fsp3) is 0.357. The predicted octanol–water partition coefficient (Wildman–Crippen LogP) is 6.39. The molecule has 0 atom stereocenters. The molecule has 4 rings (SSSR count). The van der Waals surface area contributed by atoms with E-state index in [1.807, 2.05) is 24.3 Å². The van der Waals surface area contributed by atoms with Gasteiger partial charge in [0.2, 0.25) is 11.8 Å². The predicted molar refractivity (Wildman–Crippen MR) is 208 cm³/mol. The Morgan fingerprint density at radius 1 is 0.549 bits per heavy atom. The van der Waals surface area contributed by atoms with Gasteiger partial charge in [0, 0.05) is 37.4 Å². The molecule has 0 saturated carbocycles. The summed E-state index contributed by atoms with van der Waals surface area (Å²) in [5.74, 6) is 0.129. The van der Waals surface area contributed by atoms with Crippen LogP contribution in [0.15, 0.2) is 109 Å². The van der Waals surface area contributed by atoms with Crippen molar-refractivity contribution in [1.29, 1.82) is 0 Å². The molecule has 0 bridgehead atoms. The molecule has 270 valence electrons. The molecule has 3 amide bonds. The van der Waals surface area contributed by atoms with E-state index in [0.717, 1.165) is 57.4 Å². The zero-order valence-electron chi connectivity index (χ0n) is 29.7. The van der Waals surface area contributed by atoms with Gasteiger partial charge in [-0.3, -0.25) is 14.4 Å². The number of benzene rings is 4. The summed E-state index contributed by atoms with van der Waals surface area (Å²) in [6.07, 6.45) is 6.31. The normalized spacial score (nSPS) is 10.9. The van der Waals surface area contributed by atoms with Crippen molar-refractivity contribution in [1.82, 2.24) is 21.3 Å². The summed E-state index contributed by atoms with van der Waals surface area (Å²) in [6.45, 7) is 4.88. The number of hydrogen-bond acceptors (Lipinski definition) is 6. The second-order valence-electron chi connectivity index (χ2n) is 12.8. The van der Waals surface area contributed by atoms with E-state index in [1.165, 1.54) is 11.1 Å². The Hall–Kier alpha value is -4.99. The van der Waals surface area contributed by atoms with Crippen molar-refractivity contribution in [3.8, 4) is 0 Å². The lowest BCUT2D eigenvalue weighted by Crippen LogP contribution is -2.27. The van der Waals surface area contributed by atoms with Crippen LogP contribution in [-0.2, 0) is 16.1 Å². The van der Waals surface area contributed by atoms with Gasteiger partial charge >= 0.3 is 0 Å². The van der Waals surface area contributed by atoms with Crippen LogP contribution in [0, 0.1) is 0 Å². The van der Waals surface area contributed by atoms with Crippen molar-refractivity contribution < 1.29 is 14.4 Å². The number of carbonyl (C=O) groups excluding carboxylic acids is 3. The Morgan fingerprint density at radius 3 is 1.73 bits per heavy atom. The fourth-order valence-electron chi connectivity index (χ4n) is 5.86. The molecule has 0 heterocycles. The van der Waals surface area contributed by atoms with Crippen molar-refractivity contribution in [2.45, 2.75) is 63.8 Å². The highest BCUT2D eigenvalue weighted by Gasteiger charge is 2.13. The smallest absolute Gasteiger partial charge is 0.255 e. The lowest BCUT2D eigenvalue weighted by Gasteiger charge is -2.18. The molecule has 7 N–H and O–H groups in total. The second kappa shape index (κ2) is 22.7. The highest BCUT2D eigenvalue weighted by molar-refractivity contribution is 6.05. The van der Waals surface area contributed by atoms with Crippen LogP contribution < -0.4 is 32.3 Å². The van der Waals surface area contributed by atoms with Gasteiger partial charge in [0.05, 0.1) is 11.4 Å². The van der Waals surface area contributed by atoms with Crippen LogP contribution >= 0.6 is 0 Å². The number of carbonyl (C=O) groups is 3. The molecule has 0 unspecified atom stereocenters. The first-order valence-corrected chi connectivity index (χ1v) is 18.3. The summed E-state index contributed by atoms with van der Waals surface area (Å²) in [5, 5.41) is 15.8. The van der Waals surface area contributed by atoms with Gasteiger partial charge in [0.1, 0.15) is 0 Å². The number of anilines is 2. The van der Waals surface area contributed by atoms with Crippen molar-refractivity contribution in [3.05, 3.63) is 131 Å². The average molecular weight is 691 g/mol. The Kier molecular flexibility index (Phi) is 17.3. The maximum absolute atomic E-state index is 12.5. The number of nitrogens with two attached hydrogens (primary N) is 1. The van der Waals surface area contributed by atoms with Crippen molar-refractivity contribution in [2.75, 3.05) is 43.8 Å². The van der Waals surface area contributed by atoms with Gasteiger partial charge in [-0.1, -0.05) is 84.9 Å². The molecule has 0 aliphatic rings. The van der Waals surface area contributed by atoms with E-state index in [1.54, 1.807) is 24.3 Å².